The molecule has 0 aliphatic carbocycles. The SMILES string of the molecule is C=CCOc1nc(NN)ncc1[N+](=O)[O-]. The number of aromatic nitrogens is 2. The van der Waals surface area contributed by atoms with Crippen LogP contribution in [0.1, 0.15) is 0 Å². The summed E-state index contributed by atoms with van der Waals surface area (Å²) in [5.74, 6) is 4.94. The molecule has 0 unspecified atom stereocenters. The Morgan fingerprint density at radius 3 is 3.07 bits per heavy atom. The van der Waals surface area contributed by atoms with Crippen molar-refractivity contribution in [3.05, 3.63) is 29.0 Å². The summed E-state index contributed by atoms with van der Waals surface area (Å²) in [5.41, 5.74) is 1.84. The molecule has 15 heavy (non-hydrogen) atoms. The van der Waals surface area contributed by atoms with E-state index in [-0.39, 0.29) is 24.1 Å². The van der Waals surface area contributed by atoms with Crippen molar-refractivity contribution >= 4 is 11.6 Å². The standard InChI is InChI=1S/C7H9N5O3/c1-2-3-15-6-5(12(13)14)4-9-7(10-6)11-8/h2,4H,1,3,8H2,(H,9,10,11). The molecule has 0 bridgehead atoms. The van der Waals surface area contributed by atoms with Gasteiger partial charge in [0.15, 0.2) is 0 Å². The zero-order valence-corrected chi connectivity index (χ0v) is 7.71. The maximum absolute atomic E-state index is 10.6. The number of nitrogens with one attached hydrogen (secondary N) is 1. The highest BCUT2D eigenvalue weighted by Crippen LogP contribution is 2.23. The summed E-state index contributed by atoms with van der Waals surface area (Å²) in [6.07, 6.45) is 2.46. The van der Waals surface area contributed by atoms with Gasteiger partial charge in [0.05, 0.1) is 4.92 Å². The van der Waals surface area contributed by atoms with Crippen molar-refractivity contribution < 1.29 is 9.66 Å². The number of rotatable bonds is 5. The Morgan fingerprint density at radius 1 is 1.80 bits per heavy atom. The Morgan fingerprint density at radius 2 is 2.53 bits per heavy atom. The van der Waals surface area contributed by atoms with Crippen LogP contribution < -0.4 is 16.0 Å². The van der Waals surface area contributed by atoms with Crippen LogP contribution in [0.2, 0.25) is 0 Å². The molecule has 0 fully saturated rings. The van der Waals surface area contributed by atoms with Crippen LogP contribution in [0.25, 0.3) is 0 Å². The first-order chi connectivity index (χ1) is 7.19. The highest BCUT2D eigenvalue weighted by atomic mass is 16.6. The molecule has 0 saturated carbocycles. The summed E-state index contributed by atoms with van der Waals surface area (Å²) in [5, 5.41) is 10.6. The van der Waals surface area contributed by atoms with Gasteiger partial charge in [-0.1, -0.05) is 12.7 Å². The largest absolute Gasteiger partial charge is 0.468 e. The molecule has 0 aromatic carbocycles. The van der Waals surface area contributed by atoms with Crippen LogP contribution in [0.4, 0.5) is 11.6 Å². The minimum atomic E-state index is -0.640. The molecule has 0 aliphatic rings. The fraction of sp³-hybridized carbons (Fsp3) is 0.143. The van der Waals surface area contributed by atoms with Gasteiger partial charge >= 0.3 is 5.69 Å². The topological polar surface area (TPSA) is 116 Å². The zero-order valence-electron chi connectivity index (χ0n) is 7.71. The van der Waals surface area contributed by atoms with E-state index in [0.29, 0.717) is 0 Å². The number of nitro groups is 1. The van der Waals surface area contributed by atoms with E-state index in [4.69, 9.17) is 10.6 Å². The van der Waals surface area contributed by atoms with E-state index in [1.54, 1.807) is 0 Å². The van der Waals surface area contributed by atoms with Crippen molar-refractivity contribution in [2.75, 3.05) is 12.0 Å². The highest BCUT2D eigenvalue weighted by Gasteiger charge is 2.18. The van der Waals surface area contributed by atoms with Crippen molar-refractivity contribution in [3.8, 4) is 5.88 Å². The number of ether oxygens (including phenoxy) is 1. The molecule has 0 atom stereocenters. The summed E-state index contributed by atoms with van der Waals surface area (Å²) in [4.78, 5) is 17.2. The van der Waals surface area contributed by atoms with Gasteiger partial charge in [0.25, 0.3) is 5.88 Å². The zero-order chi connectivity index (χ0) is 11.3. The number of hydrogen-bond acceptors (Lipinski definition) is 7. The molecule has 0 saturated heterocycles. The van der Waals surface area contributed by atoms with E-state index in [1.807, 2.05) is 0 Å². The Kier molecular flexibility index (Phi) is 3.52. The predicted octanol–water partition coefficient (Wildman–Crippen LogP) is 0.235. The molecule has 3 N–H and O–H groups in total. The van der Waals surface area contributed by atoms with Gasteiger partial charge in [0, 0.05) is 0 Å². The van der Waals surface area contributed by atoms with Crippen LogP contribution in [0.3, 0.4) is 0 Å². The van der Waals surface area contributed by atoms with Crippen LogP contribution in [0.5, 0.6) is 5.88 Å². The summed E-state index contributed by atoms with van der Waals surface area (Å²) in [7, 11) is 0. The Balaban J connectivity index is 3.04. The first kappa shape index (κ1) is 10.9. The molecule has 8 nitrogen and oxygen atoms in total. The normalized spacial score (nSPS) is 9.40. The lowest BCUT2D eigenvalue weighted by molar-refractivity contribution is -0.386. The lowest BCUT2D eigenvalue weighted by Crippen LogP contribution is -2.12. The molecular formula is C7H9N5O3. The molecule has 8 heteroatoms. The quantitative estimate of drug-likeness (QED) is 0.310. The smallest absolute Gasteiger partial charge is 0.349 e. The molecule has 1 aromatic rings. The minimum Gasteiger partial charge on any atom is -0.468 e. The number of nitrogens with two attached hydrogens (primary N) is 1. The predicted molar refractivity (Wildman–Crippen MR) is 52.2 cm³/mol. The average molecular weight is 211 g/mol. The third-order valence-electron chi connectivity index (χ3n) is 1.40. The molecule has 0 amide bonds. The fourth-order valence-electron chi connectivity index (χ4n) is 0.799. The average Bonchev–Trinajstić information content (AvgIpc) is 2.25. The lowest BCUT2D eigenvalue weighted by atomic mass is 10.5. The van der Waals surface area contributed by atoms with Gasteiger partial charge in [-0.3, -0.25) is 15.5 Å². The van der Waals surface area contributed by atoms with E-state index in [2.05, 4.69) is 22.0 Å². The first-order valence-corrected chi connectivity index (χ1v) is 3.90. The van der Waals surface area contributed by atoms with E-state index >= 15 is 0 Å². The molecule has 1 heterocycles. The summed E-state index contributed by atoms with van der Waals surface area (Å²) >= 11 is 0. The number of anilines is 1. The van der Waals surface area contributed by atoms with Gasteiger partial charge in [-0.25, -0.2) is 10.8 Å². The van der Waals surface area contributed by atoms with Crippen molar-refractivity contribution in [2.24, 2.45) is 5.84 Å². The van der Waals surface area contributed by atoms with Crippen LogP contribution in [-0.4, -0.2) is 21.5 Å². The second-order valence-corrected chi connectivity index (χ2v) is 2.39. The highest BCUT2D eigenvalue weighted by molar-refractivity contribution is 5.42. The molecular weight excluding hydrogens is 202 g/mol. The van der Waals surface area contributed by atoms with Gasteiger partial charge < -0.3 is 4.74 Å². The van der Waals surface area contributed by atoms with E-state index in [9.17, 15) is 10.1 Å². The van der Waals surface area contributed by atoms with Crippen molar-refractivity contribution in [3.63, 3.8) is 0 Å². The number of hydrogen-bond donors (Lipinski definition) is 2. The summed E-state index contributed by atoms with van der Waals surface area (Å²) in [6, 6.07) is 0. The van der Waals surface area contributed by atoms with E-state index in [1.165, 1.54) is 6.08 Å². The van der Waals surface area contributed by atoms with E-state index < -0.39 is 4.92 Å². The van der Waals surface area contributed by atoms with Gasteiger partial charge in [-0.2, -0.15) is 4.98 Å². The van der Waals surface area contributed by atoms with Crippen LogP contribution in [0.15, 0.2) is 18.9 Å². The second-order valence-electron chi connectivity index (χ2n) is 2.39. The number of nitrogens with zero attached hydrogens (tertiary/aromatic N) is 3. The summed E-state index contributed by atoms with van der Waals surface area (Å²) < 4.78 is 4.98. The minimum absolute atomic E-state index is 0.0414. The van der Waals surface area contributed by atoms with Crippen molar-refractivity contribution in [1.29, 1.82) is 0 Å². The Bertz CT molecular complexity index is 381. The maximum atomic E-state index is 10.6. The molecule has 1 rings (SSSR count). The Hall–Kier alpha value is -2.22. The van der Waals surface area contributed by atoms with Gasteiger partial charge in [0.1, 0.15) is 12.8 Å². The lowest BCUT2D eigenvalue weighted by Gasteiger charge is -2.04. The van der Waals surface area contributed by atoms with Gasteiger partial charge in [-0.15, -0.1) is 0 Å². The second kappa shape index (κ2) is 4.86. The molecule has 1 aromatic heterocycles. The van der Waals surface area contributed by atoms with Crippen LogP contribution in [-0.2, 0) is 0 Å². The third-order valence-corrected chi connectivity index (χ3v) is 1.40. The van der Waals surface area contributed by atoms with Crippen molar-refractivity contribution in [2.45, 2.75) is 0 Å². The Labute approximate surface area is 84.9 Å². The van der Waals surface area contributed by atoms with Gasteiger partial charge in [-0.05, 0) is 0 Å². The fourth-order valence-corrected chi connectivity index (χ4v) is 0.799. The molecule has 0 spiro atoms. The number of nitrogen functional groups attached to an aromatic ring is 1. The van der Waals surface area contributed by atoms with Gasteiger partial charge in [0.2, 0.25) is 5.95 Å². The van der Waals surface area contributed by atoms with Crippen LogP contribution >= 0.6 is 0 Å². The monoisotopic (exact) mass is 211 g/mol. The van der Waals surface area contributed by atoms with E-state index in [0.717, 1.165) is 6.20 Å². The summed E-state index contributed by atoms with van der Waals surface area (Å²) in [6.45, 7) is 3.53. The molecule has 80 valence electrons. The molecule has 0 radical (unpaired) electrons. The third kappa shape index (κ3) is 2.61. The maximum Gasteiger partial charge on any atom is 0.349 e. The van der Waals surface area contributed by atoms with Crippen LogP contribution in [0, 0.1) is 10.1 Å². The molecule has 0 aliphatic heterocycles. The number of hydrazine groups is 1. The van der Waals surface area contributed by atoms with Crippen molar-refractivity contribution in [1.82, 2.24) is 9.97 Å². The first-order valence-electron chi connectivity index (χ1n) is 3.90.